The number of aryl methyl sites for hydroxylation is 2. The van der Waals surface area contributed by atoms with Crippen molar-refractivity contribution in [3.63, 3.8) is 0 Å². The van der Waals surface area contributed by atoms with Gasteiger partial charge in [0.25, 0.3) is 0 Å². The molecule has 1 unspecified atom stereocenters. The number of piperazine rings is 1. The lowest BCUT2D eigenvalue weighted by atomic mass is 9.97. The number of likely N-dealkylation sites (N-methyl/N-ethyl adjacent to an activating group) is 1. The van der Waals surface area contributed by atoms with Gasteiger partial charge in [-0.3, -0.25) is 9.69 Å². The normalized spacial score (nSPS) is 15.3. The van der Waals surface area contributed by atoms with E-state index in [-0.39, 0.29) is 17.8 Å². The Kier molecular flexibility index (Phi) is 7.09. The summed E-state index contributed by atoms with van der Waals surface area (Å²) in [7, 11) is 1.84. The maximum Gasteiger partial charge on any atom is 0.237 e. The molecule has 1 fully saturated rings. The maximum atomic E-state index is 13.5. The fourth-order valence-electron chi connectivity index (χ4n) is 4.67. The van der Waals surface area contributed by atoms with Gasteiger partial charge in [0, 0.05) is 38.9 Å². The van der Waals surface area contributed by atoms with E-state index in [2.05, 4.69) is 41.8 Å². The fraction of sp³-hybridized carbons (Fsp3) is 0.321. The number of nitrogens with zero attached hydrogens (tertiary/aromatic N) is 3. The zero-order chi connectivity index (χ0) is 23.4. The van der Waals surface area contributed by atoms with Crippen LogP contribution < -0.4 is 4.90 Å². The molecular weight excluding hydrogens is 413 g/mol. The van der Waals surface area contributed by atoms with Gasteiger partial charge in [0.15, 0.2) is 0 Å². The molecule has 0 radical (unpaired) electrons. The molecule has 33 heavy (non-hydrogen) atoms. The summed E-state index contributed by atoms with van der Waals surface area (Å²) in [6.07, 6.45) is 0. The van der Waals surface area contributed by atoms with Crippen LogP contribution in [-0.2, 0) is 4.79 Å². The third-order valence-electron chi connectivity index (χ3n) is 6.51. The predicted octanol–water partition coefficient (Wildman–Crippen LogP) is 4.81. The van der Waals surface area contributed by atoms with Crippen molar-refractivity contribution in [1.82, 2.24) is 9.80 Å². The summed E-state index contributed by atoms with van der Waals surface area (Å²) in [6.45, 7) is 8.15. The predicted molar refractivity (Wildman–Crippen MR) is 132 cm³/mol. The number of hydrogen-bond acceptors (Lipinski definition) is 3. The Balaban J connectivity index is 1.43. The molecule has 1 aliphatic rings. The number of carbonyl (C=O) groups excluding carboxylic acids is 1. The van der Waals surface area contributed by atoms with Crippen molar-refractivity contribution < 1.29 is 9.18 Å². The average Bonchev–Trinajstić information content (AvgIpc) is 2.82. The summed E-state index contributed by atoms with van der Waals surface area (Å²) < 4.78 is 13.5. The lowest BCUT2D eigenvalue weighted by Crippen LogP contribution is -2.50. The molecule has 1 atom stereocenters. The van der Waals surface area contributed by atoms with Gasteiger partial charge in [0.2, 0.25) is 5.91 Å². The Labute approximate surface area is 196 Å². The topological polar surface area (TPSA) is 26.8 Å². The zero-order valence-electron chi connectivity index (χ0n) is 19.7. The molecule has 1 heterocycles. The summed E-state index contributed by atoms with van der Waals surface area (Å²) in [5.74, 6) is -0.214. The van der Waals surface area contributed by atoms with Gasteiger partial charge in [-0.1, -0.05) is 60.2 Å². The number of rotatable bonds is 6. The van der Waals surface area contributed by atoms with Crippen LogP contribution in [0.25, 0.3) is 0 Å². The Bertz CT molecular complexity index is 1080. The third-order valence-corrected chi connectivity index (χ3v) is 6.51. The van der Waals surface area contributed by atoms with Crippen molar-refractivity contribution in [3.8, 4) is 0 Å². The van der Waals surface area contributed by atoms with Crippen molar-refractivity contribution in [3.05, 3.63) is 101 Å². The van der Waals surface area contributed by atoms with Gasteiger partial charge in [-0.2, -0.15) is 0 Å². The molecule has 172 valence electrons. The number of halogens is 1. The first-order valence-corrected chi connectivity index (χ1v) is 11.5. The third kappa shape index (κ3) is 5.42. The highest BCUT2D eigenvalue weighted by Gasteiger charge is 2.26. The Morgan fingerprint density at radius 1 is 0.909 bits per heavy atom. The van der Waals surface area contributed by atoms with E-state index in [4.69, 9.17) is 0 Å². The molecular formula is C28H32FN3O. The van der Waals surface area contributed by atoms with Crippen LogP contribution in [0.3, 0.4) is 0 Å². The van der Waals surface area contributed by atoms with Gasteiger partial charge in [0.05, 0.1) is 12.6 Å². The van der Waals surface area contributed by atoms with E-state index in [0.717, 1.165) is 37.3 Å². The van der Waals surface area contributed by atoms with Crippen molar-refractivity contribution in [2.45, 2.75) is 19.9 Å². The first-order valence-electron chi connectivity index (χ1n) is 11.5. The van der Waals surface area contributed by atoms with Crippen LogP contribution in [0.4, 0.5) is 10.1 Å². The number of carbonyl (C=O) groups is 1. The first kappa shape index (κ1) is 23.0. The summed E-state index contributed by atoms with van der Waals surface area (Å²) in [4.78, 5) is 19.7. The zero-order valence-corrected chi connectivity index (χ0v) is 19.7. The highest BCUT2D eigenvalue weighted by Crippen LogP contribution is 2.28. The second-order valence-electron chi connectivity index (χ2n) is 8.92. The Morgan fingerprint density at radius 2 is 1.55 bits per heavy atom. The van der Waals surface area contributed by atoms with Crippen molar-refractivity contribution in [2.24, 2.45) is 0 Å². The van der Waals surface area contributed by atoms with E-state index in [1.54, 1.807) is 17.0 Å². The summed E-state index contributed by atoms with van der Waals surface area (Å²) in [6, 6.07) is 22.7. The average molecular weight is 446 g/mol. The van der Waals surface area contributed by atoms with E-state index in [0.29, 0.717) is 6.54 Å². The van der Waals surface area contributed by atoms with Gasteiger partial charge in [0.1, 0.15) is 5.82 Å². The van der Waals surface area contributed by atoms with E-state index in [1.165, 1.54) is 28.9 Å². The molecule has 0 saturated carbocycles. The molecule has 1 amide bonds. The quantitative estimate of drug-likeness (QED) is 0.545. The molecule has 0 aromatic heterocycles. The molecule has 5 heteroatoms. The lowest BCUT2D eigenvalue weighted by molar-refractivity contribution is -0.132. The molecule has 4 rings (SSSR count). The second kappa shape index (κ2) is 10.2. The molecule has 1 aliphatic heterocycles. The van der Waals surface area contributed by atoms with Crippen molar-refractivity contribution >= 4 is 11.6 Å². The molecule has 4 nitrogen and oxygen atoms in total. The number of amides is 1. The molecule has 0 bridgehead atoms. The molecule has 3 aromatic rings. The van der Waals surface area contributed by atoms with E-state index in [9.17, 15) is 9.18 Å². The summed E-state index contributed by atoms with van der Waals surface area (Å²) >= 11 is 0. The first-order chi connectivity index (χ1) is 15.9. The molecule has 0 N–H and O–H groups in total. The SMILES string of the molecule is Cc1ccc(N2CCN(CC(=O)N(C)C(c3ccccc3)c3ccc(F)cc3)CC2)c(C)c1. The summed E-state index contributed by atoms with van der Waals surface area (Å²) in [5, 5.41) is 0. The van der Waals surface area contributed by atoms with E-state index >= 15 is 0 Å². The minimum absolute atomic E-state index is 0.0631. The minimum atomic E-state index is -0.277. The number of anilines is 1. The molecule has 1 saturated heterocycles. The van der Waals surface area contributed by atoms with Crippen molar-refractivity contribution in [2.75, 3.05) is 44.7 Å². The molecule has 3 aromatic carbocycles. The Morgan fingerprint density at radius 3 is 2.18 bits per heavy atom. The van der Waals surface area contributed by atoms with Crippen molar-refractivity contribution in [1.29, 1.82) is 0 Å². The summed E-state index contributed by atoms with van der Waals surface area (Å²) in [5.41, 5.74) is 5.77. The molecule has 0 aliphatic carbocycles. The van der Waals surface area contributed by atoms with E-state index in [1.807, 2.05) is 37.4 Å². The van der Waals surface area contributed by atoms with Crippen LogP contribution in [0.1, 0.15) is 28.3 Å². The van der Waals surface area contributed by atoms with Gasteiger partial charge in [-0.05, 0) is 48.7 Å². The van der Waals surface area contributed by atoms with E-state index < -0.39 is 0 Å². The van der Waals surface area contributed by atoms with Crippen LogP contribution in [-0.4, -0.2) is 55.5 Å². The standard InChI is InChI=1S/C28H32FN3O/c1-21-9-14-26(22(2)19-21)32-17-15-31(16-18-32)20-27(33)30(3)28(23-7-5-4-6-8-23)24-10-12-25(29)13-11-24/h4-14,19,28H,15-18,20H2,1-3H3. The van der Waals surface area contributed by atoms with Crippen LogP contribution in [0.2, 0.25) is 0 Å². The second-order valence-corrected chi connectivity index (χ2v) is 8.92. The fourth-order valence-corrected chi connectivity index (χ4v) is 4.67. The highest BCUT2D eigenvalue weighted by atomic mass is 19.1. The van der Waals surface area contributed by atoms with Crippen LogP contribution in [0.15, 0.2) is 72.8 Å². The highest BCUT2D eigenvalue weighted by molar-refractivity contribution is 5.79. The van der Waals surface area contributed by atoms with Gasteiger partial charge in [-0.15, -0.1) is 0 Å². The number of benzene rings is 3. The monoisotopic (exact) mass is 445 g/mol. The minimum Gasteiger partial charge on any atom is -0.369 e. The van der Waals surface area contributed by atoms with Crippen LogP contribution >= 0.6 is 0 Å². The smallest absolute Gasteiger partial charge is 0.237 e. The lowest BCUT2D eigenvalue weighted by Gasteiger charge is -2.38. The van der Waals surface area contributed by atoms with Gasteiger partial charge < -0.3 is 9.80 Å². The Hall–Kier alpha value is -3.18. The molecule has 0 spiro atoms. The largest absolute Gasteiger partial charge is 0.369 e. The number of hydrogen-bond donors (Lipinski definition) is 0. The maximum absolute atomic E-state index is 13.5. The van der Waals surface area contributed by atoms with Gasteiger partial charge >= 0.3 is 0 Å². The van der Waals surface area contributed by atoms with Crippen LogP contribution in [0.5, 0.6) is 0 Å². The van der Waals surface area contributed by atoms with Gasteiger partial charge in [-0.25, -0.2) is 4.39 Å². The van der Waals surface area contributed by atoms with Crippen LogP contribution in [0, 0.1) is 19.7 Å².